The van der Waals surface area contributed by atoms with Crippen LogP contribution in [-0.2, 0) is 11.2 Å². The van der Waals surface area contributed by atoms with Crippen molar-refractivity contribution in [1.82, 2.24) is 0 Å². The number of esters is 1. The molecule has 2 rings (SSSR count). The molecule has 0 bridgehead atoms. The van der Waals surface area contributed by atoms with Crippen molar-refractivity contribution in [2.45, 2.75) is 39.4 Å². The molecule has 0 fully saturated rings. The Labute approximate surface area is 115 Å². The van der Waals surface area contributed by atoms with Gasteiger partial charge >= 0.3 is 5.97 Å². The summed E-state index contributed by atoms with van der Waals surface area (Å²) in [5, 5.41) is 1.23. The van der Waals surface area contributed by atoms with E-state index in [0.717, 1.165) is 30.8 Å². The summed E-state index contributed by atoms with van der Waals surface area (Å²) in [7, 11) is -1.55. The van der Waals surface area contributed by atoms with Gasteiger partial charge < -0.3 is 9.47 Å². The molecule has 4 heteroatoms. The van der Waals surface area contributed by atoms with Crippen molar-refractivity contribution in [3.05, 3.63) is 23.3 Å². The van der Waals surface area contributed by atoms with E-state index < -0.39 is 8.07 Å². The van der Waals surface area contributed by atoms with Crippen molar-refractivity contribution < 1.29 is 14.3 Å². The zero-order chi connectivity index (χ0) is 14.0. The van der Waals surface area contributed by atoms with Gasteiger partial charge in [-0.1, -0.05) is 19.6 Å². The number of ether oxygens (including phenoxy) is 2. The topological polar surface area (TPSA) is 35.5 Å². The summed E-state index contributed by atoms with van der Waals surface area (Å²) in [5.41, 5.74) is 1.83. The Hall–Kier alpha value is -1.29. The summed E-state index contributed by atoms with van der Waals surface area (Å²) in [6, 6.07) is 3.92. The van der Waals surface area contributed by atoms with Crippen LogP contribution in [0.4, 0.5) is 0 Å². The number of rotatable bonds is 3. The maximum absolute atomic E-state index is 12.0. The fourth-order valence-electron chi connectivity index (χ4n) is 2.37. The van der Waals surface area contributed by atoms with Gasteiger partial charge in [0.05, 0.1) is 26.9 Å². The van der Waals surface area contributed by atoms with E-state index in [-0.39, 0.29) is 5.97 Å². The van der Waals surface area contributed by atoms with Crippen LogP contribution < -0.4 is 9.92 Å². The Balaban J connectivity index is 2.51. The third-order valence-electron chi connectivity index (χ3n) is 3.32. The number of aryl methyl sites for hydroxylation is 1. The molecule has 0 N–H and O–H groups in total. The maximum Gasteiger partial charge on any atom is 0.338 e. The van der Waals surface area contributed by atoms with Gasteiger partial charge in [0.2, 0.25) is 0 Å². The summed E-state index contributed by atoms with van der Waals surface area (Å²) in [5.74, 6) is 0.800. The minimum Gasteiger partial charge on any atom is -0.493 e. The van der Waals surface area contributed by atoms with Crippen LogP contribution >= 0.6 is 0 Å². The third-order valence-corrected chi connectivity index (χ3v) is 5.31. The van der Waals surface area contributed by atoms with Gasteiger partial charge in [0.25, 0.3) is 0 Å². The molecule has 0 saturated carbocycles. The van der Waals surface area contributed by atoms with Crippen LogP contribution in [0.25, 0.3) is 0 Å². The smallest absolute Gasteiger partial charge is 0.338 e. The van der Waals surface area contributed by atoms with Gasteiger partial charge in [0, 0.05) is 0 Å². The summed E-state index contributed by atoms with van der Waals surface area (Å²) in [6.45, 7) is 9.84. The lowest BCUT2D eigenvalue weighted by Crippen LogP contribution is -2.40. The molecule has 1 aromatic rings. The molecule has 0 radical (unpaired) electrons. The fourth-order valence-corrected chi connectivity index (χ4v) is 3.87. The zero-order valence-electron chi connectivity index (χ0n) is 12.2. The number of carbonyl (C=O) groups is 1. The molecule has 1 aromatic carbocycles. The minimum absolute atomic E-state index is 0.227. The summed E-state index contributed by atoms with van der Waals surface area (Å²) >= 11 is 0. The van der Waals surface area contributed by atoms with Gasteiger partial charge in [-0.3, -0.25) is 0 Å². The summed E-state index contributed by atoms with van der Waals surface area (Å²) < 4.78 is 11.0. The molecule has 0 saturated heterocycles. The van der Waals surface area contributed by atoms with Gasteiger partial charge in [-0.25, -0.2) is 4.79 Å². The van der Waals surface area contributed by atoms with Crippen LogP contribution in [0.15, 0.2) is 12.1 Å². The van der Waals surface area contributed by atoms with E-state index in [0.29, 0.717) is 12.2 Å². The molecule has 0 unspecified atom stereocenters. The Morgan fingerprint density at radius 1 is 1.37 bits per heavy atom. The monoisotopic (exact) mass is 278 g/mol. The molecule has 1 aliphatic rings. The Morgan fingerprint density at radius 2 is 2.11 bits per heavy atom. The first-order valence-corrected chi connectivity index (χ1v) is 10.4. The van der Waals surface area contributed by atoms with E-state index >= 15 is 0 Å². The molecule has 0 amide bonds. The van der Waals surface area contributed by atoms with Crippen LogP contribution in [-0.4, -0.2) is 27.3 Å². The number of benzene rings is 1. The van der Waals surface area contributed by atoms with Crippen LogP contribution in [0.2, 0.25) is 19.6 Å². The first-order chi connectivity index (χ1) is 8.93. The predicted molar refractivity (Wildman–Crippen MR) is 79.2 cm³/mol. The van der Waals surface area contributed by atoms with Crippen molar-refractivity contribution in [2.75, 3.05) is 13.2 Å². The highest BCUT2D eigenvalue weighted by Gasteiger charge is 2.27. The Morgan fingerprint density at radius 3 is 2.74 bits per heavy atom. The summed E-state index contributed by atoms with van der Waals surface area (Å²) in [6.07, 6.45) is 2.00. The van der Waals surface area contributed by atoms with E-state index in [2.05, 4.69) is 19.6 Å². The summed E-state index contributed by atoms with van der Waals surface area (Å²) in [4.78, 5) is 12.0. The SMILES string of the molecule is CCOC(=O)c1cc2c(c([Si](C)(C)C)c1)OCCC2. The minimum atomic E-state index is -1.55. The lowest BCUT2D eigenvalue weighted by atomic mass is 10.0. The van der Waals surface area contributed by atoms with Crippen LogP contribution in [0.1, 0.15) is 29.3 Å². The molecule has 0 aromatic heterocycles. The second-order valence-corrected chi connectivity index (χ2v) is 11.0. The number of hydrogen-bond acceptors (Lipinski definition) is 3. The number of fused-ring (bicyclic) bond motifs is 1. The molecular weight excluding hydrogens is 256 g/mol. The number of carbonyl (C=O) groups excluding carboxylic acids is 1. The fraction of sp³-hybridized carbons (Fsp3) is 0.533. The zero-order valence-corrected chi connectivity index (χ0v) is 13.2. The van der Waals surface area contributed by atoms with Crippen molar-refractivity contribution in [2.24, 2.45) is 0 Å². The lowest BCUT2D eigenvalue weighted by molar-refractivity contribution is 0.0526. The first kappa shape index (κ1) is 14.1. The molecule has 0 spiro atoms. The quantitative estimate of drug-likeness (QED) is 0.630. The second kappa shape index (κ2) is 5.37. The average molecular weight is 278 g/mol. The Kier molecular flexibility index (Phi) is 3.99. The molecule has 1 aliphatic heterocycles. The van der Waals surface area contributed by atoms with Crippen molar-refractivity contribution in [1.29, 1.82) is 0 Å². The lowest BCUT2D eigenvalue weighted by Gasteiger charge is -2.27. The molecule has 3 nitrogen and oxygen atoms in total. The van der Waals surface area contributed by atoms with Crippen LogP contribution in [0.3, 0.4) is 0 Å². The molecule has 0 aliphatic carbocycles. The predicted octanol–water partition coefficient (Wildman–Crippen LogP) is 2.73. The molecular formula is C15H22O3Si. The van der Waals surface area contributed by atoms with E-state index in [4.69, 9.17) is 9.47 Å². The third kappa shape index (κ3) is 3.00. The van der Waals surface area contributed by atoms with Crippen LogP contribution in [0.5, 0.6) is 5.75 Å². The van der Waals surface area contributed by atoms with Crippen molar-refractivity contribution in [3.8, 4) is 5.75 Å². The highest BCUT2D eigenvalue weighted by molar-refractivity contribution is 6.89. The van der Waals surface area contributed by atoms with E-state index in [1.54, 1.807) is 0 Å². The average Bonchev–Trinajstić information content (AvgIpc) is 2.36. The van der Waals surface area contributed by atoms with Gasteiger partial charge in [-0.2, -0.15) is 0 Å². The molecule has 104 valence electrons. The molecule has 19 heavy (non-hydrogen) atoms. The molecule has 0 atom stereocenters. The van der Waals surface area contributed by atoms with Crippen molar-refractivity contribution in [3.63, 3.8) is 0 Å². The van der Waals surface area contributed by atoms with Crippen LogP contribution in [0, 0.1) is 0 Å². The molecule has 1 heterocycles. The highest BCUT2D eigenvalue weighted by atomic mass is 28.3. The van der Waals surface area contributed by atoms with Gasteiger partial charge in [0.15, 0.2) is 0 Å². The Bertz CT molecular complexity index is 489. The van der Waals surface area contributed by atoms with E-state index in [9.17, 15) is 4.79 Å². The normalized spacial score (nSPS) is 14.5. The second-order valence-electron chi connectivity index (χ2n) is 5.93. The standard InChI is InChI=1S/C15H22O3Si/c1-5-17-15(16)12-9-11-7-6-8-18-14(11)13(10-12)19(2,3)4/h9-10H,5-8H2,1-4H3. The van der Waals surface area contributed by atoms with Gasteiger partial charge in [-0.15, -0.1) is 0 Å². The van der Waals surface area contributed by atoms with Gasteiger partial charge in [-0.05, 0) is 42.6 Å². The maximum atomic E-state index is 12.0. The van der Waals surface area contributed by atoms with Gasteiger partial charge in [0.1, 0.15) is 5.75 Å². The number of hydrogen-bond donors (Lipinski definition) is 0. The van der Waals surface area contributed by atoms with E-state index in [1.807, 2.05) is 19.1 Å². The highest BCUT2D eigenvalue weighted by Crippen LogP contribution is 2.27. The van der Waals surface area contributed by atoms with E-state index in [1.165, 1.54) is 5.19 Å². The largest absolute Gasteiger partial charge is 0.493 e. The van der Waals surface area contributed by atoms with Crippen molar-refractivity contribution >= 4 is 19.2 Å². The first-order valence-electron chi connectivity index (χ1n) is 6.91.